The Balaban J connectivity index is 1.57. The maximum absolute atomic E-state index is 13.9. The fraction of sp³-hybridized carbons (Fsp3) is 0.400. The molecule has 1 fully saturated rings. The second-order valence-corrected chi connectivity index (χ2v) is 6.63. The Morgan fingerprint density at radius 1 is 1.20 bits per heavy atom. The lowest BCUT2D eigenvalue weighted by Crippen LogP contribution is -2.37. The van der Waals surface area contributed by atoms with Gasteiger partial charge in [0.25, 0.3) is 0 Å². The van der Waals surface area contributed by atoms with Gasteiger partial charge in [0.2, 0.25) is 0 Å². The smallest absolute Gasteiger partial charge is 0.130 e. The van der Waals surface area contributed by atoms with E-state index in [4.69, 9.17) is 4.74 Å². The lowest BCUT2D eigenvalue weighted by molar-refractivity contribution is 0.0620. The molecule has 0 radical (unpaired) electrons. The van der Waals surface area contributed by atoms with Crippen molar-refractivity contribution in [2.45, 2.75) is 38.5 Å². The topological polar surface area (TPSA) is 32.7 Å². The van der Waals surface area contributed by atoms with E-state index in [2.05, 4.69) is 0 Å². The number of nitrogens with zero attached hydrogens (tertiary/aromatic N) is 1. The van der Waals surface area contributed by atoms with E-state index in [1.54, 1.807) is 0 Å². The molecule has 0 bridgehead atoms. The molecule has 134 valence electrons. The Kier molecular flexibility index (Phi) is 5.66. The summed E-state index contributed by atoms with van der Waals surface area (Å²) in [5.74, 6) is -0.369. The molecule has 1 aliphatic carbocycles. The molecule has 5 heteroatoms. The first-order valence-corrected chi connectivity index (χ1v) is 8.57. The van der Waals surface area contributed by atoms with E-state index >= 15 is 0 Å². The van der Waals surface area contributed by atoms with Crippen LogP contribution in [0.1, 0.15) is 24.0 Å². The molecule has 2 aromatic rings. The van der Waals surface area contributed by atoms with Gasteiger partial charge >= 0.3 is 0 Å². The highest BCUT2D eigenvalue weighted by Crippen LogP contribution is 2.29. The third-order valence-electron chi connectivity index (χ3n) is 4.42. The van der Waals surface area contributed by atoms with Crippen LogP contribution in [0.25, 0.3) is 0 Å². The van der Waals surface area contributed by atoms with E-state index in [0.29, 0.717) is 24.7 Å². The number of halogens is 2. The van der Waals surface area contributed by atoms with Crippen LogP contribution in [0.15, 0.2) is 42.5 Å². The minimum Gasteiger partial charge on any atom is -0.491 e. The van der Waals surface area contributed by atoms with Crippen molar-refractivity contribution >= 4 is 0 Å². The number of para-hydroxylation sites is 1. The maximum atomic E-state index is 13.9. The molecular weight excluding hydrogens is 324 g/mol. The zero-order valence-electron chi connectivity index (χ0n) is 14.3. The third-order valence-corrected chi connectivity index (χ3v) is 4.42. The first-order chi connectivity index (χ1) is 12.0. The van der Waals surface area contributed by atoms with Crippen LogP contribution in [0.5, 0.6) is 5.75 Å². The van der Waals surface area contributed by atoms with Crippen molar-refractivity contribution in [1.29, 1.82) is 0 Å². The number of benzene rings is 2. The van der Waals surface area contributed by atoms with E-state index in [0.717, 1.165) is 30.2 Å². The summed E-state index contributed by atoms with van der Waals surface area (Å²) in [6.07, 6.45) is 1.39. The van der Waals surface area contributed by atoms with Crippen molar-refractivity contribution in [3.05, 3.63) is 65.2 Å². The third kappa shape index (κ3) is 5.00. The SMILES string of the molecule is Cc1ccccc1OC[C@@H](O)CN(Cc1ccc(F)cc1F)C1CC1. The molecule has 0 heterocycles. The second kappa shape index (κ2) is 7.93. The van der Waals surface area contributed by atoms with Gasteiger partial charge in [0.05, 0.1) is 0 Å². The summed E-state index contributed by atoms with van der Waals surface area (Å²) in [6.45, 7) is 2.89. The molecular formula is C20H23F2NO2. The Morgan fingerprint density at radius 3 is 2.64 bits per heavy atom. The lowest BCUT2D eigenvalue weighted by atomic mass is 10.2. The van der Waals surface area contributed by atoms with Gasteiger partial charge in [-0.05, 0) is 37.5 Å². The average Bonchev–Trinajstić information content (AvgIpc) is 3.41. The lowest BCUT2D eigenvalue weighted by Gasteiger charge is -2.25. The first kappa shape index (κ1) is 17.8. The van der Waals surface area contributed by atoms with Crippen molar-refractivity contribution in [3.63, 3.8) is 0 Å². The van der Waals surface area contributed by atoms with Gasteiger partial charge in [-0.25, -0.2) is 8.78 Å². The second-order valence-electron chi connectivity index (χ2n) is 6.63. The number of rotatable bonds is 8. The molecule has 0 aliphatic heterocycles. The predicted molar refractivity (Wildman–Crippen MR) is 92.5 cm³/mol. The van der Waals surface area contributed by atoms with E-state index in [-0.39, 0.29) is 6.61 Å². The quantitative estimate of drug-likeness (QED) is 0.791. The minimum absolute atomic E-state index is 0.181. The average molecular weight is 347 g/mol. The van der Waals surface area contributed by atoms with Crippen LogP contribution >= 0.6 is 0 Å². The largest absolute Gasteiger partial charge is 0.491 e. The molecule has 3 rings (SSSR count). The van der Waals surface area contributed by atoms with Gasteiger partial charge in [0.1, 0.15) is 30.1 Å². The van der Waals surface area contributed by atoms with Gasteiger partial charge in [-0.15, -0.1) is 0 Å². The van der Waals surface area contributed by atoms with Crippen LogP contribution in [-0.2, 0) is 6.54 Å². The van der Waals surface area contributed by atoms with Gasteiger partial charge in [-0.1, -0.05) is 24.3 Å². The van der Waals surface area contributed by atoms with Crippen LogP contribution in [0.2, 0.25) is 0 Å². The Bertz CT molecular complexity index is 719. The number of hydrogen-bond donors (Lipinski definition) is 1. The van der Waals surface area contributed by atoms with Crippen LogP contribution in [0.4, 0.5) is 8.78 Å². The van der Waals surface area contributed by atoms with Crippen LogP contribution < -0.4 is 4.74 Å². The summed E-state index contributed by atoms with van der Waals surface area (Å²) in [5, 5.41) is 10.3. The molecule has 0 amide bonds. The highest BCUT2D eigenvalue weighted by Gasteiger charge is 2.31. The zero-order chi connectivity index (χ0) is 17.8. The number of aliphatic hydroxyl groups is 1. The number of hydrogen-bond acceptors (Lipinski definition) is 3. The predicted octanol–water partition coefficient (Wildman–Crippen LogP) is 3.68. The maximum Gasteiger partial charge on any atom is 0.130 e. The van der Waals surface area contributed by atoms with E-state index in [9.17, 15) is 13.9 Å². The normalized spacial score (nSPS) is 15.4. The summed E-state index contributed by atoms with van der Waals surface area (Å²) < 4.78 is 32.6. The molecule has 2 aromatic carbocycles. The number of ether oxygens (including phenoxy) is 1. The van der Waals surface area contributed by atoms with Crippen LogP contribution in [-0.4, -0.2) is 35.3 Å². The van der Waals surface area contributed by atoms with Gasteiger partial charge in [-0.3, -0.25) is 4.90 Å². The van der Waals surface area contributed by atoms with Crippen molar-refractivity contribution < 1.29 is 18.6 Å². The van der Waals surface area contributed by atoms with E-state index in [1.807, 2.05) is 36.1 Å². The van der Waals surface area contributed by atoms with Gasteiger partial charge in [0.15, 0.2) is 0 Å². The standard InChI is InChI=1S/C20H23F2NO2/c1-14-4-2-3-5-20(14)25-13-18(24)12-23(17-8-9-17)11-15-6-7-16(21)10-19(15)22/h2-7,10,17-18,24H,8-9,11-13H2,1H3/t18-/m0/s1. The summed E-state index contributed by atoms with van der Waals surface area (Å²) in [5.41, 5.74) is 1.46. The molecule has 0 spiro atoms. The number of aliphatic hydroxyl groups excluding tert-OH is 1. The Morgan fingerprint density at radius 2 is 1.96 bits per heavy atom. The Hall–Kier alpha value is -1.98. The molecule has 3 nitrogen and oxygen atoms in total. The minimum atomic E-state index is -0.677. The zero-order valence-corrected chi connectivity index (χ0v) is 14.3. The van der Waals surface area contributed by atoms with Crippen molar-refractivity contribution in [2.75, 3.05) is 13.2 Å². The van der Waals surface area contributed by atoms with Gasteiger partial charge in [-0.2, -0.15) is 0 Å². The fourth-order valence-electron chi connectivity index (χ4n) is 2.88. The molecule has 0 aromatic heterocycles. The van der Waals surface area contributed by atoms with Crippen LogP contribution in [0, 0.1) is 18.6 Å². The monoisotopic (exact) mass is 347 g/mol. The van der Waals surface area contributed by atoms with Crippen LogP contribution in [0.3, 0.4) is 0 Å². The molecule has 1 N–H and O–H groups in total. The van der Waals surface area contributed by atoms with Crippen molar-refractivity contribution in [2.24, 2.45) is 0 Å². The fourth-order valence-corrected chi connectivity index (χ4v) is 2.88. The van der Waals surface area contributed by atoms with E-state index in [1.165, 1.54) is 12.1 Å². The summed E-state index contributed by atoms with van der Waals surface area (Å²) in [6, 6.07) is 11.6. The Labute approximate surface area is 146 Å². The first-order valence-electron chi connectivity index (χ1n) is 8.57. The number of aryl methyl sites for hydroxylation is 1. The summed E-state index contributed by atoms with van der Waals surface area (Å²) >= 11 is 0. The summed E-state index contributed by atoms with van der Waals surface area (Å²) in [7, 11) is 0. The highest BCUT2D eigenvalue weighted by atomic mass is 19.1. The molecule has 1 atom stereocenters. The summed E-state index contributed by atoms with van der Waals surface area (Å²) in [4.78, 5) is 2.04. The molecule has 0 unspecified atom stereocenters. The van der Waals surface area contributed by atoms with Gasteiger partial charge in [0, 0.05) is 30.8 Å². The highest BCUT2D eigenvalue weighted by molar-refractivity contribution is 5.31. The molecule has 25 heavy (non-hydrogen) atoms. The molecule has 0 saturated heterocycles. The molecule has 1 saturated carbocycles. The van der Waals surface area contributed by atoms with Crippen molar-refractivity contribution in [1.82, 2.24) is 4.90 Å². The van der Waals surface area contributed by atoms with E-state index < -0.39 is 17.7 Å². The van der Waals surface area contributed by atoms with Crippen molar-refractivity contribution in [3.8, 4) is 5.75 Å². The molecule has 1 aliphatic rings. The van der Waals surface area contributed by atoms with Gasteiger partial charge < -0.3 is 9.84 Å².